The van der Waals surface area contributed by atoms with Gasteiger partial charge in [-0.15, -0.1) is 0 Å². The molecule has 1 nitrogen and oxygen atoms in total. The summed E-state index contributed by atoms with van der Waals surface area (Å²) in [6.45, 7) is 2.34. The number of aliphatic hydroxyl groups excluding tert-OH is 1. The molecule has 3 atom stereocenters. The third-order valence-corrected chi connectivity index (χ3v) is 4.32. The van der Waals surface area contributed by atoms with Gasteiger partial charge in [0, 0.05) is 0 Å². The van der Waals surface area contributed by atoms with E-state index in [2.05, 4.69) is 6.92 Å². The summed E-state index contributed by atoms with van der Waals surface area (Å²) < 4.78 is 0. The Labute approximate surface area is 87.9 Å². The van der Waals surface area contributed by atoms with E-state index >= 15 is 0 Å². The molecule has 0 aromatic carbocycles. The second kappa shape index (κ2) is 4.65. The van der Waals surface area contributed by atoms with Crippen LogP contribution in [-0.2, 0) is 0 Å². The Hall–Kier alpha value is -0.0400. The number of hydrogen-bond donors (Lipinski definition) is 1. The summed E-state index contributed by atoms with van der Waals surface area (Å²) in [6.07, 6.45) is 10.5. The summed E-state index contributed by atoms with van der Waals surface area (Å²) in [5.41, 5.74) is 0. The van der Waals surface area contributed by atoms with E-state index in [1.807, 2.05) is 0 Å². The zero-order valence-corrected chi connectivity index (χ0v) is 9.41. The normalized spacial score (nSPS) is 36.4. The first kappa shape index (κ1) is 10.5. The fraction of sp³-hybridized carbons (Fsp3) is 1.00. The molecule has 3 unspecified atom stereocenters. The molecule has 14 heavy (non-hydrogen) atoms. The quantitative estimate of drug-likeness (QED) is 0.734. The van der Waals surface area contributed by atoms with Crippen molar-refractivity contribution in [2.75, 3.05) is 0 Å². The van der Waals surface area contributed by atoms with Gasteiger partial charge in [-0.05, 0) is 37.0 Å². The molecule has 82 valence electrons. The maximum Gasteiger partial charge on any atom is 0.0571 e. The molecule has 2 saturated carbocycles. The first-order valence-corrected chi connectivity index (χ1v) is 6.43. The zero-order valence-electron chi connectivity index (χ0n) is 9.41. The standard InChI is InChI=1S/C13H24O/c1-10-4-2-7-12(8-10)13(14)9-11-5-3-6-11/h10-14H,2-9H2,1H3. The lowest BCUT2D eigenvalue weighted by Crippen LogP contribution is -2.29. The molecule has 1 N–H and O–H groups in total. The molecule has 2 aliphatic carbocycles. The predicted molar refractivity (Wildman–Crippen MR) is 59.1 cm³/mol. The molecule has 0 aromatic rings. The largest absolute Gasteiger partial charge is 0.393 e. The summed E-state index contributed by atoms with van der Waals surface area (Å²) in [5, 5.41) is 10.1. The van der Waals surface area contributed by atoms with E-state index in [1.165, 1.54) is 44.9 Å². The van der Waals surface area contributed by atoms with Gasteiger partial charge in [0.25, 0.3) is 0 Å². The molecule has 0 radical (unpaired) electrons. The lowest BCUT2D eigenvalue weighted by Gasteiger charge is -2.34. The monoisotopic (exact) mass is 196 g/mol. The van der Waals surface area contributed by atoms with E-state index in [0.29, 0.717) is 5.92 Å². The molecule has 0 aromatic heterocycles. The van der Waals surface area contributed by atoms with Gasteiger partial charge < -0.3 is 5.11 Å². The van der Waals surface area contributed by atoms with Crippen molar-refractivity contribution in [1.29, 1.82) is 0 Å². The first-order valence-electron chi connectivity index (χ1n) is 6.43. The SMILES string of the molecule is CC1CCCC(C(O)CC2CCC2)C1. The average molecular weight is 196 g/mol. The van der Waals surface area contributed by atoms with E-state index in [-0.39, 0.29) is 6.10 Å². The van der Waals surface area contributed by atoms with Crippen LogP contribution in [-0.4, -0.2) is 11.2 Å². The van der Waals surface area contributed by atoms with Gasteiger partial charge in [0.15, 0.2) is 0 Å². The Bertz CT molecular complexity index is 174. The lowest BCUT2D eigenvalue weighted by atomic mass is 9.74. The van der Waals surface area contributed by atoms with Gasteiger partial charge in [-0.3, -0.25) is 0 Å². The van der Waals surface area contributed by atoms with Crippen LogP contribution in [0.4, 0.5) is 0 Å². The van der Waals surface area contributed by atoms with Crippen LogP contribution in [0.5, 0.6) is 0 Å². The van der Waals surface area contributed by atoms with Crippen molar-refractivity contribution in [2.24, 2.45) is 17.8 Å². The molecule has 0 bridgehead atoms. The molecular formula is C13H24O. The van der Waals surface area contributed by atoms with Crippen LogP contribution in [0.2, 0.25) is 0 Å². The van der Waals surface area contributed by atoms with Gasteiger partial charge in [0.05, 0.1) is 6.10 Å². The van der Waals surface area contributed by atoms with Crippen LogP contribution in [0.3, 0.4) is 0 Å². The number of hydrogen-bond acceptors (Lipinski definition) is 1. The molecular weight excluding hydrogens is 172 g/mol. The highest BCUT2D eigenvalue weighted by atomic mass is 16.3. The highest BCUT2D eigenvalue weighted by molar-refractivity contribution is 4.80. The van der Waals surface area contributed by atoms with Crippen molar-refractivity contribution in [3.63, 3.8) is 0 Å². The fourth-order valence-electron chi connectivity index (χ4n) is 3.09. The summed E-state index contributed by atoms with van der Waals surface area (Å²) in [7, 11) is 0. The minimum Gasteiger partial charge on any atom is -0.393 e. The van der Waals surface area contributed by atoms with Crippen molar-refractivity contribution in [3.8, 4) is 0 Å². The molecule has 0 aliphatic heterocycles. The summed E-state index contributed by atoms with van der Waals surface area (Å²) in [4.78, 5) is 0. The van der Waals surface area contributed by atoms with Gasteiger partial charge in [0.1, 0.15) is 0 Å². The maximum atomic E-state index is 10.1. The molecule has 0 saturated heterocycles. The predicted octanol–water partition coefficient (Wildman–Crippen LogP) is 3.36. The van der Waals surface area contributed by atoms with E-state index in [4.69, 9.17) is 0 Å². The van der Waals surface area contributed by atoms with Gasteiger partial charge in [0.2, 0.25) is 0 Å². The van der Waals surface area contributed by atoms with Crippen LogP contribution in [0.25, 0.3) is 0 Å². The van der Waals surface area contributed by atoms with E-state index in [9.17, 15) is 5.11 Å². The molecule has 1 heteroatoms. The highest BCUT2D eigenvalue weighted by Crippen LogP contribution is 2.36. The zero-order chi connectivity index (χ0) is 9.97. The van der Waals surface area contributed by atoms with Crippen molar-refractivity contribution in [3.05, 3.63) is 0 Å². The number of rotatable bonds is 3. The third kappa shape index (κ3) is 2.50. The Morgan fingerprint density at radius 1 is 1.14 bits per heavy atom. The van der Waals surface area contributed by atoms with Crippen molar-refractivity contribution >= 4 is 0 Å². The summed E-state index contributed by atoms with van der Waals surface area (Å²) >= 11 is 0. The average Bonchev–Trinajstić information content (AvgIpc) is 2.11. The Morgan fingerprint density at radius 3 is 2.43 bits per heavy atom. The Morgan fingerprint density at radius 2 is 1.86 bits per heavy atom. The van der Waals surface area contributed by atoms with Crippen molar-refractivity contribution in [2.45, 2.75) is 64.4 Å². The smallest absolute Gasteiger partial charge is 0.0571 e. The minimum absolute atomic E-state index is 0.0167. The van der Waals surface area contributed by atoms with Crippen molar-refractivity contribution in [1.82, 2.24) is 0 Å². The van der Waals surface area contributed by atoms with Crippen LogP contribution in [0.15, 0.2) is 0 Å². The molecule has 0 spiro atoms. The molecule has 0 heterocycles. The second-order valence-electron chi connectivity index (χ2n) is 5.63. The Kier molecular flexibility index (Phi) is 3.48. The van der Waals surface area contributed by atoms with E-state index in [1.54, 1.807) is 0 Å². The lowest BCUT2D eigenvalue weighted by molar-refractivity contribution is 0.0395. The third-order valence-electron chi connectivity index (χ3n) is 4.32. The van der Waals surface area contributed by atoms with E-state index < -0.39 is 0 Å². The summed E-state index contributed by atoms with van der Waals surface area (Å²) in [5.74, 6) is 2.34. The Balaban J connectivity index is 1.74. The highest BCUT2D eigenvalue weighted by Gasteiger charge is 2.28. The van der Waals surface area contributed by atoms with Gasteiger partial charge in [-0.1, -0.05) is 39.0 Å². The molecule has 2 fully saturated rings. The summed E-state index contributed by atoms with van der Waals surface area (Å²) in [6, 6.07) is 0. The van der Waals surface area contributed by atoms with Gasteiger partial charge >= 0.3 is 0 Å². The van der Waals surface area contributed by atoms with Crippen molar-refractivity contribution < 1.29 is 5.11 Å². The minimum atomic E-state index is 0.0167. The van der Waals surface area contributed by atoms with Crippen LogP contribution in [0, 0.1) is 17.8 Å². The fourth-order valence-corrected chi connectivity index (χ4v) is 3.09. The van der Waals surface area contributed by atoms with E-state index in [0.717, 1.165) is 18.3 Å². The first-order chi connectivity index (χ1) is 6.75. The molecule has 2 rings (SSSR count). The van der Waals surface area contributed by atoms with Gasteiger partial charge in [-0.25, -0.2) is 0 Å². The maximum absolute atomic E-state index is 10.1. The second-order valence-corrected chi connectivity index (χ2v) is 5.63. The topological polar surface area (TPSA) is 20.2 Å². The van der Waals surface area contributed by atoms with Crippen LogP contribution < -0.4 is 0 Å². The molecule has 2 aliphatic rings. The van der Waals surface area contributed by atoms with Gasteiger partial charge in [-0.2, -0.15) is 0 Å². The van der Waals surface area contributed by atoms with Crippen LogP contribution >= 0.6 is 0 Å². The molecule has 0 amide bonds. The van der Waals surface area contributed by atoms with Crippen LogP contribution in [0.1, 0.15) is 58.3 Å². The number of aliphatic hydroxyl groups is 1.